The van der Waals surface area contributed by atoms with Gasteiger partial charge in [0.05, 0.1) is 0 Å². The summed E-state index contributed by atoms with van der Waals surface area (Å²) in [5, 5.41) is 9.46. The fraction of sp³-hybridized carbons (Fsp3) is 0.400. The van der Waals surface area contributed by atoms with E-state index in [-0.39, 0.29) is 0 Å². The van der Waals surface area contributed by atoms with Crippen molar-refractivity contribution >= 4 is 6.21 Å². The van der Waals surface area contributed by atoms with Gasteiger partial charge in [0.15, 0.2) is 0 Å². The van der Waals surface area contributed by atoms with Gasteiger partial charge in [-0.1, -0.05) is 0 Å². The van der Waals surface area contributed by atoms with Gasteiger partial charge in [-0.05, 0) is 13.1 Å². The molecule has 0 radical (unpaired) electrons. The molecule has 46 valence electrons. The highest BCUT2D eigenvalue weighted by molar-refractivity contribution is 5.68. The first kappa shape index (κ1) is 7.17. The van der Waals surface area contributed by atoms with E-state index >= 15 is 0 Å². The van der Waals surface area contributed by atoms with Crippen LogP contribution in [0.5, 0.6) is 0 Å². The molecule has 0 amide bonds. The number of nitrogens with one attached hydrogen (secondary N) is 2. The lowest BCUT2D eigenvalue weighted by Crippen LogP contribution is -2.15. The lowest BCUT2D eigenvalue weighted by molar-refractivity contribution is 0.872. The standard InChI is InChI=1S/C5H11N3/c1-8-4-5(7)2-3-6/h2-3,6,8H,4,7H2,1H3. The van der Waals surface area contributed by atoms with Crippen LogP contribution in [0.1, 0.15) is 0 Å². The highest BCUT2D eigenvalue weighted by Crippen LogP contribution is 1.73. The predicted molar refractivity (Wildman–Crippen MR) is 35.0 cm³/mol. The van der Waals surface area contributed by atoms with E-state index in [1.54, 1.807) is 6.08 Å². The third-order valence-corrected chi connectivity index (χ3v) is 0.678. The Morgan fingerprint density at radius 1 is 1.88 bits per heavy atom. The first-order valence-electron chi connectivity index (χ1n) is 2.41. The highest BCUT2D eigenvalue weighted by Gasteiger charge is 1.80. The van der Waals surface area contributed by atoms with Crippen LogP contribution in [0.4, 0.5) is 0 Å². The smallest absolute Gasteiger partial charge is 0.0350 e. The lowest BCUT2D eigenvalue weighted by atomic mass is 10.4. The Hall–Kier alpha value is -0.830. The van der Waals surface area contributed by atoms with Gasteiger partial charge in [-0.2, -0.15) is 0 Å². The van der Waals surface area contributed by atoms with Crippen LogP contribution in [-0.2, 0) is 0 Å². The molecule has 0 aliphatic rings. The number of rotatable bonds is 3. The molecule has 0 fully saturated rings. The van der Waals surface area contributed by atoms with E-state index in [9.17, 15) is 0 Å². The zero-order chi connectivity index (χ0) is 6.41. The minimum absolute atomic E-state index is 0.648. The van der Waals surface area contributed by atoms with Crippen molar-refractivity contribution in [1.29, 1.82) is 5.41 Å². The Labute approximate surface area is 49.1 Å². The van der Waals surface area contributed by atoms with E-state index < -0.39 is 0 Å². The number of allylic oxidation sites excluding steroid dienone is 1. The summed E-state index contributed by atoms with van der Waals surface area (Å²) in [6.07, 6.45) is 2.73. The molecule has 8 heavy (non-hydrogen) atoms. The van der Waals surface area contributed by atoms with Gasteiger partial charge >= 0.3 is 0 Å². The van der Waals surface area contributed by atoms with Crippen molar-refractivity contribution in [3.8, 4) is 0 Å². The molecule has 0 heterocycles. The summed E-state index contributed by atoms with van der Waals surface area (Å²) in [7, 11) is 1.81. The van der Waals surface area contributed by atoms with Crippen molar-refractivity contribution in [2.75, 3.05) is 13.6 Å². The van der Waals surface area contributed by atoms with Crippen LogP contribution in [0, 0.1) is 5.41 Å². The second kappa shape index (κ2) is 4.33. The molecule has 0 atom stereocenters. The summed E-state index contributed by atoms with van der Waals surface area (Å²) in [5.74, 6) is 0. The molecular formula is C5H11N3. The maximum absolute atomic E-state index is 6.60. The second-order valence-corrected chi connectivity index (χ2v) is 1.44. The van der Waals surface area contributed by atoms with Crippen molar-refractivity contribution in [1.82, 2.24) is 5.32 Å². The maximum Gasteiger partial charge on any atom is 0.0350 e. The highest BCUT2D eigenvalue weighted by atomic mass is 14.8. The van der Waals surface area contributed by atoms with Crippen LogP contribution in [0.15, 0.2) is 11.8 Å². The van der Waals surface area contributed by atoms with E-state index in [1.807, 2.05) is 7.05 Å². The Morgan fingerprint density at radius 2 is 2.50 bits per heavy atom. The minimum atomic E-state index is 0.648. The zero-order valence-corrected chi connectivity index (χ0v) is 4.94. The monoisotopic (exact) mass is 113 g/mol. The van der Waals surface area contributed by atoms with Gasteiger partial charge in [0.1, 0.15) is 0 Å². The van der Waals surface area contributed by atoms with Gasteiger partial charge in [-0.3, -0.25) is 0 Å². The van der Waals surface area contributed by atoms with Crippen molar-refractivity contribution in [2.24, 2.45) is 5.73 Å². The Bertz CT molecular complexity index is 95.8. The van der Waals surface area contributed by atoms with Crippen LogP contribution in [-0.4, -0.2) is 19.8 Å². The Balaban J connectivity index is 3.44. The van der Waals surface area contributed by atoms with E-state index in [4.69, 9.17) is 11.1 Å². The number of hydrogen-bond acceptors (Lipinski definition) is 3. The SMILES string of the molecule is CNCC(N)=CC=N. The van der Waals surface area contributed by atoms with Crippen LogP contribution < -0.4 is 11.1 Å². The Kier molecular flexibility index (Phi) is 3.88. The van der Waals surface area contributed by atoms with Crippen molar-refractivity contribution in [3.63, 3.8) is 0 Å². The van der Waals surface area contributed by atoms with Crippen LogP contribution in [0.2, 0.25) is 0 Å². The summed E-state index contributed by atoms with van der Waals surface area (Å²) < 4.78 is 0. The molecule has 0 rings (SSSR count). The van der Waals surface area contributed by atoms with Crippen molar-refractivity contribution in [3.05, 3.63) is 11.8 Å². The van der Waals surface area contributed by atoms with Gasteiger partial charge in [0.25, 0.3) is 0 Å². The number of likely N-dealkylation sites (N-methyl/N-ethyl adjacent to an activating group) is 1. The third-order valence-electron chi connectivity index (χ3n) is 0.678. The molecule has 0 saturated carbocycles. The molecule has 4 N–H and O–H groups in total. The van der Waals surface area contributed by atoms with E-state index in [0.717, 1.165) is 0 Å². The molecule has 0 aliphatic heterocycles. The van der Waals surface area contributed by atoms with Crippen LogP contribution >= 0.6 is 0 Å². The normalized spacial score (nSPS) is 11.4. The minimum Gasteiger partial charge on any atom is -0.401 e. The molecule has 0 aliphatic carbocycles. The predicted octanol–water partition coefficient (Wildman–Crippen LogP) is -0.302. The van der Waals surface area contributed by atoms with E-state index in [1.165, 1.54) is 6.21 Å². The molecule has 0 bridgehead atoms. The molecule has 0 aromatic carbocycles. The summed E-state index contributed by atoms with van der Waals surface area (Å²) in [6.45, 7) is 0.648. The summed E-state index contributed by atoms with van der Waals surface area (Å²) in [4.78, 5) is 0. The maximum atomic E-state index is 6.60. The fourth-order valence-corrected chi connectivity index (χ4v) is 0.370. The number of hydrogen-bond donors (Lipinski definition) is 3. The molecule has 3 nitrogen and oxygen atoms in total. The van der Waals surface area contributed by atoms with Gasteiger partial charge in [0.2, 0.25) is 0 Å². The quantitative estimate of drug-likeness (QED) is 0.440. The summed E-state index contributed by atoms with van der Waals surface area (Å²) >= 11 is 0. The zero-order valence-electron chi connectivity index (χ0n) is 4.94. The second-order valence-electron chi connectivity index (χ2n) is 1.44. The molecule has 0 saturated heterocycles. The fourth-order valence-electron chi connectivity index (χ4n) is 0.370. The van der Waals surface area contributed by atoms with Crippen LogP contribution in [0.25, 0.3) is 0 Å². The van der Waals surface area contributed by atoms with Crippen molar-refractivity contribution in [2.45, 2.75) is 0 Å². The largest absolute Gasteiger partial charge is 0.401 e. The Morgan fingerprint density at radius 3 is 2.88 bits per heavy atom. The topological polar surface area (TPSA) is 61.9 Å². The molecule has 0 aromatic heterocycles. The lowest BCUT2D eigenvalue weighted by Gasteiger charge is -1.94. The van der Waals surface area contributed by atoms with Crippen molar-refractivity contribution < 1.29 is 0 Å². The molecule has 3 heteroatoms. The number of nitrogens with two attached hydrogens (primary N) is 1. The van der Waals surface area contributed by atoms with E-state index in [0.29, 0.717) is 12.2 Å². The summed E-state index contributed by atoms with van der Waals surface area (Å²) in [6, 6.07) is 0. The third kappa shape index (κ3) is 3.36. The first-order chi connectivity index (χ1) is 3.81. The van der Waals surface area contributed by atoms with Gasteiger partial charge in [-0.25, -0.2) is 0 Å². The van der Waals surface area contributed by atoms with Crippen LogP contribution in [0.3, 0.4) is 0 Å². The van der Waals surface area contributed by atoms with Gasteiger partial charge in [-0.15, -0.1) is 0 Å². The molecule has 0 spiro atoms. The van der Waals surface area contributed by atoms with Gasteiger partial charge in [0, 0.05) is 18.5 Å². The molecular weight excluding hydrogens is 102 g/mol. The first-order valence-corrected chi connectivity index (χ1v) is 2.41. The molecule has 0 unspecified atom stereocenters. The van der Waals surface area contributed by atoms with E-state index in [2.05, 4.69) is 5.32 Å². The average Bonchev–Trinajstić information content (AvgIpc) is 1.68. The van der Waals surface area contributed by atoms with Gasteiger partial charge < -0.3 is 16.5 Å². The summed E-state index contributed by atoms with van der Waals surface area (Å²) in [5.41, 5.74) is 6.02. The average molecular weight is 113 g/mol. The molecule has 0 aromatic rings.